The Kier molecular flexibility index (Phi) is 3.72. The van der Waals surface area contributed by atoms with E-state index in [0.29, 0.717) is 22.2 Å². The van der Waals surface area contributed by atoms with Crippen molar-refractivity contribution in [1.82, 2.24) is 5.32 Å². The molecule has 20 heavy (non-hydrogen) atoms. The molecule has 0 heterocycles. The summed E-state index contributed by atoms with van der Waals surface area (Å²) in [6.45, 7) is 5.78. The van der Waals surface area contributed by atoms with Crippen molar-refractivity contribution >= 4 is 21.8 Å². The molecule has 0 aliphatic heterocycles. The van der Waals surface area contributed by atoms with Gasteiger partial charge in [-0.2, -0.15) is 0 Å². The van der Waals surface area contributed by atoms with Crippen molar-refractivity contribution in [1.29, 1.82) is 0 Å². The minimum atomic E-state index is 0.292. The first-order chi connectivity index (χ1) is 9.36. The Morgan fingerprint density at radius 1 is 1.15 bits per heavy atom. The molecule has 2 nitrogen and oxygen atoms in total. The minimum absolute atomic E-state index is 0.292. The van der Waals surface area contributed by atoms with Crippen molar-refractivity contribution in [2.24, 2.45) is 22.2 Å². The van der Waals surface area contributed by atoms with Crippen LogP contribution in [0.25, 0.3) is 0 Å². The first-order valence-electron chi connectivity index (χ1n) is 8.19. The van der Waals surface area contributed by atoms with Gasteiger partial charge in [-0.1, -0.05) is 29.8 Å². The van der Waals surface area contributed by atoms with Gasteiger partial charge in [-0.3, -0.25) is 4.79 Å². The van der Waals surface area contributed by atoms with Crippen LogP contribution in [0.2, 0.25) is 0 Å². The molecule has 2 unspecified atom stereocenters. The summed E-state index contributed by atoms with van der Waals surface area (Å²) < 4.78 is 0. The van der Waals surface area contributed by atoms with E-state index in [4.69, 9.17) is 0 Å². The molecular formula is C17H28BrNO. The van der Waals surface area contributed by atoms with E-state index in [1.54, 1.807) is 0 Å². The lowest BCUT2D eigenvalue weighted by atomic mass is 9.40. The van der Waals surface area contributed by atoms with Crippen molar-refractivity contribution < 1.29 is 4.79 Å². The van der Waals surface area contributed by atoms with Gasteiger partial charge in [0.05, 0.1) is 0 Å². The van der Waals surface area contributed by atoms with Crippen LogP contribution in [0.4, 0.5) is 0 Å². The highest BCUT2D eigenvalue weighted by atomic mass is 79.9. The molecule has 0 aromatic carbocycles. The maximum absolute atomic E-state index is 12.3. The number of carbonyl (C=O) groups excluding carboxylic acids is 1. The number of hydrogen-bond acceptors (Lipinski definition) is 1. The van der Waals surface area contributed by atoms with Gasteiger partial charge in [0.25, 0.3) is 0 Å². The first kappa shape index (κ1) is 14.9. The zero-order chi connectivity index (χ0) is 14.4. The second-order valence-corrected chi connectivity index (χ2v) is 9.49. The predicted molar refractivity (Wildman–Crippen MR) is 85.9 cm³/mol. The summed E-state index contributed by atoms with van der Waals surface area (Å²) in [5, 5.41) is 4.08. The number of rotatable bonds is 5. The van der Waals surface area contributed by atoms with Crippen molar-refractivity contribution in [3.05, 3.63) is 0 Å². The van der Waals surface area contributed by atoms with E-state index in [0.717, 1.165) is 30.6 Å². The highest BCUT2D eigenvalue weighted by molar-refractivity contribution is 9.09. The summed E-state index contributed by atoms with van der Waals surface area (Å²) >= 11 is 3.42. The topological polar surface area (TPSA) is 29.1 Å². The third-order valence-corrected chi connectivity index (χ3v) is 6.47. The van der Waals surface area contributed by atoms with Crippen LogP contribution in [-0.2, 0) is 4.79 Å². The third-order valence-electron chi connectivity index (χ3n) is 5.91. The average Bonchev–Trinajstić information content (AvgIpc) is 2.22. The summed E-state index contributed by atoms with van der Waals surface area (Å²) in [7, 11) is 0. The average molecular weight is 342 g/mol. The third kappa shape index (κ3) is 2.80. The molecule has 2 atom stereocenters. The van der Waals surface area contributed by atoms with Gasteiger partial charge in [-0.15, -0.1) is 0 Å². The summed E-state index contributed by atoms with van der Waals surface area (Å²) in [6, 6.07) is 0. The van der Waals surface area contributed by atoms with Crippen LogP contribution in [0.1, 0.15) is 65.2 Å². The maximum Gasteiger partial charge on any atom is 0.220 e. The molecule has 1 N–H and O–H groups in total. The Balaban J connectivity index is 1.68. The molecule has 0 spiro atoms. The number of amides is 1. The number of alkyl halides is 1. The normalized spacial score (nSPS) is 45.6. The molecule has 4 rings (SSSR count). The molecule has 0 radical (unpaired) electrons. The second-order valence-electron chi connectivity index (χ2n) is 8.70. The molecule has 0 aromatic rings. The Morgan fingerprint density at radius 2 is 1.80 bits per heavy atom. The Bertz CT molecular complexity index is 390. The van der Waals surface area contributed by atoms with Crippen LogP contribution in [0.15, 0.2) is 0 Å². The van der Waals surface area contributed by atoms with Gasteiger partial charge in [0.1, 0.15) is 0 Å². The van der Waals surface area contributed by atoms with Crippen LogP contribution >= 0.6 is 15.9 Å². The summed E-state index contributed by atoms with van der Waals surface area (Å²) in [5.41, 5.74) is 1.36. The smallest absolute Gasteiger partial charge is 0.220 e. The van der Waals surface area contributed by atoms with Crippen molar-refractivity contribution in [2.45, 2.75) is 65.2 Å². The Hall–Kier alpha value is -0.0500. The van der Waals surface area contributed by atoms with Gasteiger partial charge in [-0.05, 0) is 67.1 Å². The van der Waals surface area contributed by atoms with Gasteiger partial charge in [0.15, 0.2) is 0 Å². The fourth-order valence-electron chi connectivity index (χ4n) is 6.58. The van der Waals surface area contributed by atoms with Crippen LogP contribution in [-0.4, -0.2) is 17.8 Å². The van der Waals surface area contributed by atoms with Crippen LogP contribution in [0.3, 0.4) is 0 Å². The van der Waals surface area contributed by atoms with Crippen LogP contribution in [0, 0.1) is 22.2 Å². The van der Waals surface area contributed by atoms with Gasteiger partial charge >= 0.3 is 0 Å². The zero-order valence-electron chi connectivity index (χ0n) is 12.9. The molecular weight excluding hydrogens is 314 g/mol. The first-order valence-corrected chi connectivity index (χ1v) is 9.31. The van der Waals surface area contributed by atoms with E-state index >= 15 is 0 Å². The van der Waals surface area contributed by atoms with E-state index < -0.39 is 0 Å². The largest absolute Gasteiger partial charge is 0.356 e. The van der Waals surface area contributed by atoms with Crippen LogP contribution < -0.4 is 5.32 Å². The summed E-state index contributed by atoms with van der Waals surface area (Å²) in [5.74, 6) is 1.18. The lowest BCUT2D eigenvalue weighted by molar-refractivity contribution is -0.156. The van der Waals surface area contributed by atoms with E-state index in [-0.39, 0.29) is 0 Å². The number of halogens is 1. The monoisotopic (exact) mass is 341 g/mol. The maximum atomic E-state index is 12.3. The SMILES string of the molecule is CC12CC3CC(C)(C1)CC(CC(=O)NCCCBr)(C3)C2. The highest BCUT2D eigenvalue weighted by Gasteiger charge is 2.60. The standard InChI is InChI=1S/C17H28BrNO/c1-15-6-13-7-16(2,10-15)12-17(8-13,11-15)9-14(20)19-5-3-4-18/h13H,3-12H2,1-2H3,(H,19,20). The minimum Gasteiger partial charge on any atom is -0.356 e. The molecule has 4 aliphatic carbocycles. The van der Waals surface area contributed by atoms with Gasteiger partial charge in [0.2, 0.25) is 5.91 Å². The van der Waals surface area contributed by atoms with E-state index in [9.17, 15) is 4.79 Å². The number of hydrogen-bond donors (Lipinski definition) is 1. The summed E-state index contributed by atoms with van der Waals surface area (Å²) in [6.07, 6.45) is 9.91. The number of carbonyl (C=O) groups is 1. The van der Waals surface area contributed by atoms with E-state index in [1.807, 2.05) is 0 Å². The molecule has 4 aliphatic rings. The lowest BCUT2D eigenvalue weighted by Crippen LogP contribution is -2.56. The fraction of sp³-hybridized carbons (Fsp3) is 0.941. The second kappa shape index (κ2) is 5.00. The molecule has 4 saturated carbocycles. The van der Waals surface area contributed by atoms with Crippen molar-refractivity contribution in [2.75, 3.05) is 11.9 Å². The van der Waals surface area contributed by atoms with E-state index in [2.05, 4.69) is 35.1 Å². The molecule has 114 valence electrons. The predicted octanol–water partition coefficient (Wildman–Crippen LogP) is 4.27. The molecule has 4 fully saturated rings. The van der Waals surface area contributed by atoms with Crippen molar-refractivity contribution in [3.8, 4) is 0 Å². The zero-order valence-corrected chi connectivity index (χ0v) is 14.5. The summed E-state index contributed by atoms with van der Waals surface area (Å²) in [4.78, 5) is 12.3. The molecule has 0 aromatic heterocycles. The van der Waals surface area contributed by atoms with Gasteiger partial charge in [-0.25, -0.2) is 0 Å². The Labute approximate surface area is 131 Å². The quantitative estimate of drug-likeness (QED) is 0.587. The highest BCUT2D eigenvalue weighted by Crippen LogP contribution is 2.70. The molecule has 0 saturated heterocycles. The molecule has 3 heteroatoms. The van der Waals surface area contributed by atoms with Gasteiger partial charge in [0, 0.05) is 18.3 Å². The van der Waals surface area contributed by atoms with Gasteiger partial charge < -0.3 is 5.32 Å². The van der Waals surface area contributed by atoms with E-state index in [1.165, 1.54) is 38.5 Å². The Morgan fingerprint density at radius 3 is 2.35 bits per heavy atom. The van der Waals surface area contributed by atoms with Crippen LogP contribution in [0.5, 0.6) is 0 Å². The number of nitrogens with one attached hydrogen (secondary N) is 1. The van der Waals surface area contributed by atoms with Crippen molar-refractivity contribution in [3.63, 3.8) is 0 Å². The fourth-order valence-corrected chi connectivity index (χ4v) is 6.86. The lowest BCUT2D eigenvalue weighted by Gasteiger charge is -2.65. The molecule has 1 amide bonds. The molecule has 4 bridgehead atoms.